The third kappa shape index (κ3) is 6.84. The quantitative estimate of drug-likeness (QED) is 0.587. The average molecular weight is 364 g/mol. The van der Waals surface area contributed by atoms with Gasteiger partial charge in [0.15, 0.2) is 0 Å². The van der Waals surface area contributed by atoms with Crippen molar-refractivity contribution < 1.29 is 17.9 Å². The van der Waals surface area contributed by atoms with Crippen LogP contribution in [-0.4, -0.2) is 53.2 Å². The summed E-state index contributed by atoms with van der Waals surface area (Å²) in [5, 5.41) is 5.88. The lowest BCUT2D eigenvalue weighted by Gasteiger charge is -2.23. The fourth-order valence-corrected chi connectivity index (χ4v) is 3.17. The number of rotatable bonds is 7. The van der Waals surface area contributed by atoms with Gasteiger partial charge in [-0.3, -0.25) is 4.79 Å². The molecule has 1 heterocycles. The first-order valence-electron chi connectivity index (χ1n) is 7.20. The number of ether oxygens (including phenoxy) is 1. The van der Waals surface area contributed by atoms with Gasteiger partial charge in [-0.2, -0.15) is 0 Å². The number of sulfonamides is 1. The first-order chi connectivity index (χ1) is 10.6. The Labute approximate surface area is 142 Å². The summed E-state index contributed by atoms with van der Waals surface area (Å²) in [6.45, 7) is 2.33. The van der Waals surface area contributed by atoms with Crippen molar-refractivity contribution in [3.8, 4) is 0 Å². The highest BCUT2D eigenvalue weighted by atomic mass is 35.5. The monoisotopic (exact) mass is 363 g/mol. The van der Waals surface area contributed by atoms with Crippen molar-refractivity contribution in [3.63, 3.8) is 0 Å². The Bertz CT molecular complexity index is 577. The highest BCUT2D eigenvalue weighted by Crippen LogP contribution is 2.06. The smallest absolute Gasteiger partial charge is 0.240 e. The first-order valence-corrected chi connectivity index (χ1v) is 8.69. The van der Waals surface area contributed by atoms with Crippen molar-refractivity contribution in [2.75, 3.05) is 32.8 Å². The number of hydrogen-bond acceptors (Lipinski definition) is 5. The van der Waals surface area contributed by atoms with Crippen LogP contribution in [0, 0.1) is 0 Å². The zero-order valence-electron chi connectivity index (χ0n) is 12.7. The molecule has 1 aliphatic rings. The Kier molecular flexibility index (Phi) is 8.49. The Hall–Kier alpha value is -1.19. The molecule has 130 valence electrons. The van der Waals surface area contributed by atoms with Gasteiger partial charge in [-0.1, -0.05) is 18.2 Å². The molecular formula is C14H22ClN3O4S. The molecule has 1 atom stereocenters. The van der Waals surface area contributed by atoms with E-state index in [0.29, 0.717) is 19.6 Å². The van der Waals surface area contributed by atoms with E-state index < -0.39 is 10.0 Å². The van der Waals surface area contributed by atoms with Gasteiger partial charge in [0.1, 0.15) is 0 Å². The van der Waals surface area contributed by atoms with Gasteiger partial charge in [0.25, 0.3) is 0 Å². The van der Waals surface area contributed by atoms with Crippen LogP contribution in [0.25, 0.3) is 0 Å². The molecule has 1 saturated heterocycles. The van der Waals surface area contributed by atoms with Crippen molar-refractivity contribution in [3.05, 3.63) is 30.3 Å². The Morgan fingerprint density at radius 1 is 1.26 bits per heavy atom. The van der Waals surface area contributed by atoms with Crippen LogP contribution in [0.15, 0.2) is 35.2 Å². The minimum absolute atomic E-state index is 0. The van der Waals surface area contributed by atoms with Crippen molar-refractivity contribution in [2.24, 2.45) is 0 Å². The number of amides is 1. The molecule has 1 aliphatic heterocycles. The predicted molar refractivity (Wildman–Crippen MR) is 89.1 cm³/mol. The van der Waals surface area contributed by atoms with E-state index >= 15 is 0 Å². The standard InChI is InChI=1S/C14H21N3O4S.ClH/c18-14(10-12-11-21-9-8-15-12)16-6-7-17-22(19,20)13-4-2-1-3-5-13;/h1-5,12,15,17H,6-11H2,(H,16,18);1H. The molecule has 7 nitrogen and oxygen atoms in total. The third-order valence-corrected chi connectivity index (χ3v) is 4.70. The van der Waals surface area contributed by atoms with E-state index in [0.717, 1.165) is 6.54 Å². The maximum absolute atomic E-state index is 11.9. The van der Waals surface area contributed by atoms with Crippen LogP contribution in [0.3, 0.4) is 0 Å². The molecule has 1 unspecified atom stereocenters. The summed E-state index contributed by atoms with van der Waals surface area (Å²) >= 11 is 0. The Balaban J connectivity index is 0.00000264. The first kappa shape index (κ1) is 19.9. The maximum Gasteiger partial charge on any atom is 0.240 e. The molecule has 0 saturated carbocycles. The average Bonchev–Trinajstić information content (AvgIpc) is 2.53. The van der Waals surface area contributed by atoms with E-state index in [-0.39, 0.29) is 42.3 Å². The van der Waals surface area contributed by atoms with Gasteiger partial charge in [0.05, 0.1) is 18.1 Å². The van der Waals surface area contributed by atoms with E-state index in [1.807, 2.05) is 0 Å². The molecule has 1 aromatic carbocycles. The number of hydrogen-bond donors (Lipinski definition) is 3. The van der Waals surface area contributed by atoms with Gasteiger partial charge in [-0.25, -0.2) is 13.1 Å². The Morgan fingerprint density at radius 3 is 2.65 bits per heavy atom. The van der Waals surface area contributed by atoms with Gasteiger partial charge in [-0.05, 0) is 12.1 Å². The zero-order chi connectivity index (χ0) is 15.8. The van der Waals surface area contributed by atoms with Crippen molar-refractivity contribution in [1.29, 1.82) is 0 Å². The predicted octanol–water partition coefficient (Wildman–Crippen LogP) is -0.119. The highest BCUT2D eigenvalue weighted by Gasteiger charge is 2.17. The highest BCUT2D eigenvalue weighted by molar-refractivity contribution is 7.89. The topological polar surface area (TPSA) is 96.5 Å². The van der Waals surface area contributed by atoms with Crippen LogP contribution >= 0.6 is 12.4 Å². The second-order valence-corrected chi connectivity index (χ2v) is 6.76. The van der Waals surface area contributed by atoms with Gasteiger partial charge < -0.3 is 15.4 Å². The summed E-state index contributed by atoms with van der Waals surface area (Å²) in [4.78, 5) is 11.9. The lowest BCUT2D eigenvalue weighted by molar-refractivity contribution is -0.122. The molecule has 1 aromatic rings. The largest absolute Gasteiger partial charge is 0.378 e. The molecule has 23 heavy (non-hydrogen) atoms. The molecular weight excluding hydrogens is 342 g/mol. The molecule has 0 bridgehead atoms. The summed E-state index contributed by atoms with van der Waals surface area (Å²) in [7, 11) is -3.52. The van der Waals surface area contributed by atoms with Crippen LogP contribution in [0.1, 0.15) is 6.42 Å². The number of halogens is 1. The van der Waals surface area contributed by atoms with E-state index in [1.54, 1.807) is 18.2 Å². The third-order valence-electron chi connectivity index (χ3n) is 3.22. The summed E-state index contributed by atoms with van der Waals surface area (Å²) in [5.41, 5.74) is 0. The molecule has 0 aliphatic carbocycles. The van der Waals surface area contributed by atoms with Gasteiger partial charge in [0, 0.05) is 32.1 Å². The minimum Gasteiger partial charge on any atom is -0.378 e. The summed E-state index contributed by atoms with van der Waals surface area (Å²) in [5.74, 6) is -0.123. The van der Waals surface area contributed by atoms with Gasteiger partial charge in [-0.15, -0.1) is 12.4 Å². The SMILES string of the molecule is Cl.O=C(CC1COCCN1)NCCNS(=O)(=O)c1ccccc1. The number of morpholine rings is 1. The van der Waals surface area contributed by atoms with Crippen molar-refractivity contribution >= 4 is 28.3 Å². The fraction of sp³-hybridized carbons (Fsp3) is 0.500. The van der Waals surface area contributed by atoms with Crippen LogP contribution in [0.2, 0.25) is 0 Å². The number of carbonyl (C=O) groups excluding carboxylic acids is 1. The fourth-order valence-electron chi connectivity index (χ4n) is 2.12. The molecule has 0 spiro atoms. The van der Waals surface area contributed by atoms with Gasteiger partial charge in [0.2, 0.25) is 15.9 Å². The van der Waals surface area contributed by atoms with Gasteiger partial charge >= 0.3 is 0 Å². The summed E-state index contributed by atoms with van der Waals surface area (Å²) < 4.78 is 31.6. The zero-order valence-corrected chi connectivity index (χ0v) is 14.3. The molecule has 9 heteroatoms. The summed E-state index contributed by atoms with van der Waals surface area (Å²) in [6.07, 6.45) is 0.325. The number of carbonyl (C=O) groups is 1. The normalized spacial score (nSPS) is 18.0. The van der Waals surface area contributed by atoms with Crippen molar-refractivity contribution in [1.82, 2.24) is 15.4 Å². The Morgan fingerprint density at radius 2 is 2.00 bits per heavy atom. The summed E-state index contributed by atoms with van der Waals surface area (Å²) in [6, 6.07) is 8.15. The van der Waals surface area contributed by atoms with Crippen LogP contribution < -0.4 is 15.4 Å². The maximum atomic E-state index is 11.9. The molecule has 0 radical (unpaired) electrons. The molecule has 3 N–H and O–H groups in total. The van der Waals surface area contributed by atoms with E-state index in [9.17, 15) is 13.2 Å². The van der Waals surface area contributed by atoms with Crippen molar-refractivity contribution in [2.45, 2.75) is 17.4 Å². The second kappa shape index (κ2) is 9.84. The number of benzene rings is 1. The molecule has 1 fully saturated rings. The number of nitrogens with one attached hydrogen (secondary N) is 3. The molecule has 2 rings (SSSR count). The van der Waals surface area contributed by atoms with E-state index in [4.69, 9.17) is 4.74 Å². The lowest BCUT2D eigenvalue weighted by atomic mass is 10.2. The molecule has 1 amide bonds. The molecule has 0 aromatic heterocycles. The van der Waals surface area contributed by atoms with Crippen LogP contribution in [0.4, 0.5) is 0 Å². The lowest BCUT2D eigenvalue weighted by Crippen LogP contribution is -2.45. The van der Waals surface area contributed by atoms with E-state index in [1.165, 1.54) is 12.1 Å². The minimum atomic E-state index is -3.52. The van der Waals surface area contributed by atoms with E-state index in [2.05, 4.69) is 15.4 Å². The van der Waals surface area contributed by atoms with Crippen LogP contribution in [-0.2, 0) is 19.6 Å². The second-order valence-electron chi connectivity index (χ2n) is 4.99. The van der Waals surface area contributed by atoms with Crippen LogP contribution in [0.5, 0.6) is 0 Å².